The molecule has 0 unspecified atom stereocenters. The molecule has 3 rings (SSSR count). The van der Waals surface area contributed by atoms with Gasteiger partial charge in [0.2, 0.25) is 11.8 Å². The van der Waals surface area contributed by atoms with E-state index in [1.165, 1.54) is 0 Å². The van der Waals surface area contributed by atoms with Gasteiger partial charge in [0.25, 0.3) is 0 Å². The fourth-order valence-electron chi connectivity index (χ4n) is 3.95. The van der Waals surface area contributed by atoms with Gasteiger partial charge in [-0.15, -0.1) is 0 Å². The summed E-state index contributed by atoms with van der Waals surface area (Å²) in [4.78, 5) is 30.3. The van der Waals surface area contributed by atoms with E-state index in [0.29, 0.717) is 18.2 Å². The number of nitrogens with zero attached hydrogens (tertiary/aromatic N) is 3. The normalized spacial score (nSPS) is 18.5. The van der Waals surface area contributed by atoms with Crippen molar-refractivity contribution in [1.29, 1.82) is 0 Å². The fourth-order valence-corrected chi connectivity index (χ4v) is 3.95. The van der Waals surface area contributed by atoms with Crippen molar-refractivity contribution in [2.24, 2.45) is 5.92 Å². The minimum absolute atomic E-state index is 0.232. The van der Waals surface area contributed by atoms with Crippen LogP contribution in [0.5, 0.6) is 0 Å². The Balaban J connectivity index is 1.41. The summed E-state index contributed by atoms with van der Waals surface area (Å²) in [6.45, 7) is 3.54. The predicted molar refractivity (Wildman–Crippen MR) is 104 cm³/mol. The number of amides is 2. The molecule has 142 valence electrons. The molecule has 1 aromatic rings. The van der Waals surface area contributed by atoms with E-state index < -0.39 is 0 Å². The lowest BCUT2D eigenvalue weighted by atomic mass is 9.93. The lowest BCUT2D eigenvalue weighted by molar-refractivity contribution is -0.131. The van der Waals surface area contributed by atoms with Gasteiger partial charge in [-0.1, -0.05) is 12.1 Å². The average molecular weight is 357 g/mol. The first-order valence-corrected chi connectivity index (χ1v) is 9.85. The van der Waals surface area contributed by atoms with Gasteiger partial charge in [0.1, 0.15) is 0 Å². The lowest BCUT2D eigenvalue weighted by Gasteiger charge is -2.33. The Labute approximate surface area is 156 Å². The van der Waals surface area contributed by atoms with Crippen molar-refractivity contribution in [2.45, 2.75) is 38.5 Å². The molecule has 2 aliphatic heterocycles. The van der Waals surface area contributed by atoms with Gasteiger partial charge in [-0.3, -0.25) is 9.59 Å². The third kappa shape index (κ3) is 4.77. The molecule has 2 aliphatic rings. The third-order valence-corrected chi connectivity index (χ3v) is 5.75. The second-order valence-electron chi connectivity index (χ2n) is 7.83. The topological polar surface area (TPSA) is 43.9 Å². The summed E-state index contributed by atoms with van der Waals surface area (Å²) in [5, 5.41) is 0. The molecule has 0 atom stereocenters. The Hall–Kier alpha value is -2.04. The monoisotopic (exact) mass is 357 g/mol. The number of hydrogen-bond acceptors (Lipinski definition) is 3. The van der Waals surface area contributed by atoms with Crippen LogP contribution in [-0.2, 0) is 16.0 Å². The molecule has 0 spiro atoms. The van der Waals surface area contributed by atoms with Gasteiger partial charge in [-0.05, 0) is 49.3 Å². The van der Waals surface area contributed by atoms with Crippen molar-refractivity contribution in [3.8, 4) is 0 Å². The standard InChI is InChI=1S/C21H31N3O2/c1-22(2)19-7-5-18(6-8-19)16-21(26)24-14-10-17(11-15-24)9-13-23-12-3-4-20(23)25/h5-8,17H,3-4,9-16H2,1-2H3. The minimum Gasteiger partial charge on any atom is -0.378 e. The van der Waals surface area contributed by atoms with Gasteiger partial charge < -0.3 is 14.7 Å². The number of rotatable bonds is 6. The number of likely N-dealkylation sites (tertiary alicyclic amines) is 2. The maximum Gasteiger partial charge on any atom is 0.226 e. The molecular formula is C21H31N3O2. The Morgan fingerprint density at radius 2 is 1.81 bits per heavy atom. The minimum atomic E-state index is 0.232. The molecular weight excluding hydrogens is 326 g/mol. The molecule has 2 saturated heterocycles. The van der Waals surface area contributed by atoms with E-state index in [4.69, 9.17) is 0 Å². The van der Waals surface area contributed by atoms with Crippen molar-refractivity contribution in [2.75, 3.05) is 45.2 Å². The van der Waals surface area contributed by atoms with Crippen LogP contribution >= 0.6 is 0 Å². The second kappa shape index (κ2) is 8.56. The van der Waals surface area contributed by atoms with E-state index in [0.717, 1.165) is 69.5 Å². The first-order valence-electron chi connectivity index (χ1n) is 9.85. The van der Waals surface area contributed by atoms with Crippen LogP contribution in [0.4, 0.5) is 5.69 Å². The summed E-state index contributed by atoms with van der Waals surface area (Å²) >= 11 is 0. The van der Waals surface area contributed by atoms with Crippen LogP contribution < -0.4 is 4.90 Å². The highest BCUT2D eigenvalue weighted by atomic mass is 16.2. The Kier molecular flexibility index (Phi) is 6.17. The summed E-state index contributed by atoms with van der Waals surface area (Å²) in [6.07, 6.45) is 5.44. The molecule has 0 aromatic heterocycles. The van der Waals surface area contributed by atoms with Gasteiger partial charge in [-0.25, -0.2) is 0 Å². The lowest BCUT2D eigenvalue weighted by Crippen LogP contribution is -2.40. The number of hydrogen-bond donors (Lipinski definition) is 0. The maximum absolute atomic E-state index is 12.6. The molecule has 0 N–H and O–H groups in total. The summed E-state index contributed by atoms with van der Waals surface area (Å²) in [5.74, 6) is 1.19. The first kappa shape index (κ1) is 18.7. The summed E-state index contributed by atoms with van der Waals surface area (Å²) in [6, 6.07) is 8.23. The molecule has 5 heteroatoms. The average Bonchev–Trinajstić information content (AvgIpc) is 3.06. The van der Waals surface area contributed by atoms with Crippen molar-refractivity contribution in [1.82, 2.24) is 9.80 Å². The molecule has 2 fully saturated rings. The highest BCUT2D eigenvalue weighted by molar-refractivity contribution is 5.79. The van der Waals surface area contributed by atoms with Gasteiger partial charge in [0, 0.05) is 52.4 Å². The molecule has 0 aliphatic carbocycles. The van der Waals surface area contributed by atoms with Crippen molar-refractivity contribution in [3.05, 3.63) is 29.8 Å². The third-order valence-electron chi connectivity index (χ3n) is 5.75. The van der Waals surface area contributed by atoms with E-state index >= 15 is 0 Å². The molecule has 0 radical (unpaired) electrons. The molecule has 2 amide bonds. The molecule has 1 aromatic carbocycles. The van der Waals surface area contributed by atoms with Crippen molar-refractivity contribution in [3.63, 3.8) is 0 Å². The van der Waals surface area contributed by atoms with Crippen LogP contribution in [0.2, 0.25) is 0 Å². The van der Waals surface area contributed by atoms with E-state index in [-0.39, 0.29) is 5.91 Å². The first-order chi connectivity index (χ1) is 12.5. The van der Waals surface area contributed by atoms with Crippen LogP contribution in [0, 0.1) is 5.92 Å². The van der Waals surface area contributed by atoms with E-state index in [9.17, 15) is 9.59 Å². The van der Waals surface area contributed by atoms with Crippen LogP contribution in [0.3, 0.4) is 0 Å². The summed E-state index contributed by atoms with van der Waals surface area (Å²) < 4.78 is 0. The van der Waals surface area contributed by atoms with Gasteiger partial charge in [0.15, 0.2) is 0 Å². The van der Waals surface area contributed by atoms with Crippen molar-refractivity contribution >= 4 is 17.5 Å². The Morgan fingerprint density at radius 1 is 1.12 bits per heavy atom. The predicted octanol–water partition coefficient (Wildman–Crippen LogP) is 2.55. The zero-order chi connectivity index (χ0) is 18.5. The number of piperidine rings is 1. The quantitative estimate of drug-likeness (QED) is 0.786. The molecule has 5 nitrogen and oxygen atoms in total. The highest BCUT2D eigenvalue weighted by Crippen LogP contribution is 2.23. The molecule has 0 bridgehead atoms. The zero-order valence-electron chi connectivity index (χ0n) is 16.1. The number of benzene rings is 1. The summed E-state index contributed by atoms with van der Waals surface area (Å²) in [7, 11) is 4.04. The number of anilines is 1. The number of carbonyl (C=O) groups is 2. The smallest absolute Gasteiger partial charge is 0.226 e. The zero-order valence-corrected chi connectivity index (χ0v) is 16.1. The van der Waals surface area contributed by atoms with Crippen LogP contribution in [0.15, 0.2) is 24.3 Å². The molecule has 2 heterocycles. The fraction of sp³-hybridized carbons (Fsp3) is 0.619. The Bertz CT molecular complexity index is 619. The Morgan fingerprint density at radius 3 is 2.38 bits per heavy atom. The maximum atomic E-state index is 12.6. The second-order valence-corrected chi connectivity index (χ2v) is 7.83. The van der Waals surface area contributed by atoms with Crippen LogP contribution in [0.25, 0.3) is 0 Å². The van der Waals surface area contributed by atoms with E-state index in [1.54, 1.807) is 0 Å². The largest absolute Gasteiger partial charge is 0.378 e. The summed E-state index contributed by atoms with van der Waals surface area (Å²) in [5.41, 5.74) is 2.23. The van der Waals surface area contributed by atoms with Crippen molar-refractivity contribution < 1.29 is 9.59 Å². The molecule has 0 saturated carbocycles. The van der Waals surface area contributed by atoms with Gasteiger partial charge in [-0.2, -0.15) is 0 Å². The molecule has 26 heavy (non-hydrogen) atoms. The SMILES string of the molecule is CN(C)c1ccc(CC(=O)N2CCC(CCN3CCCC3=O)CC2)cc1. The van der Waals surface area contributed by atoms with E-state index in [1.807, 2.05) is 36.0 Å². The van der Waals surface area contributed by atoms with Gasteiger partial charge in [0.05, 0.1) is 6.42 Å². The van der Waals surface area contributed by atoms with Crippen LogP contribution in [-0.4, -0.2) is 61.9 Å². The number of carbonyl (C=O) groups excluding carboxylic acids is 2. The van der Waals surface area contributed by atoms with E-state index in [2.05, 4.69) is 17.0 Å². The van der Waals surface area contributed by atoms with Gasteiger partial charge >= 0.3 is 0 Å². The van der Waals surface area contributed by atoms with Crippen LogP contribution in [0.1, 0.15) is 37.7 Å². The highest BCUT2D eigenvalue weighted by Gasteiger charge is 2.25.